The second kappa shape index (κ2) is 6.33. The number of hydroxylamine groups is 1. The maximum absolute atomic E-state index is 11.9. The third-order valence-corrected chi connectivity index (χ3v) is 4.42. The SMILES string of the molecule is NC(=O)[C@]1(c2cccc(OCc3ccccc3)c2)C[C@H]1C(=O)NO. The topological polar surface area (TPSA) is 102 Å². The van der Waals surface area contributed by atoms with E-state index in [9.17, 15) is 9.59 Å². The van der Waals surface area contributed by atoms with Crippen LogP contribution in [-0.2, 0) is 21.6 Å². The molecule has 0 aromatic heterocycles. The van der Waals surface area contributed by atoms with Crippen molar-refractivity contribution in [3.63, 3.8) is 0 Å². The third-order valence-electron chi connectivity index (χ3n) is 4.42. The summed E-state index contributed by atoms with van der Waals surface area (Å²) in [7, 11) is 0. The zero-order valence-electron chi connectivity index (χ0n) is 12.9. The molecule has 0 bridgehead atoms. The van der Waals surface area contributed by atoms with Crippen LogP contribution >= 0.6 is 0 Å². The molecule has 1 aliphatic carbocycles. The lowest BCUT2D eigenvalue weighted by molar-refractivity contribution is -0.132. The Labute approximate surface area is 139 Å². The van der Waals surface area contributed by atoms with E-state index in [-0.39, 0.29) is 6.42 Å². The molecule has 3 rings (SSSR count). The van der Waals surface area contributed by atoms with Gasteiger partial charge in [0.05, 0.1) is 11.3 Å². The van der Waals surface area contributed by atoms with Gasteiger partial charge < -0.3 is 10.5 Å². The Bertz CT molecular complexity index is 763. The lowest BCUT2D eigenvalue weighted by atomic mass is 9.92. The van der Waals surface area contributed by atoms with Crippen LogP contribution in [0, 0.1) is 5.92 Å². The van der Waals surface area contributed by atoms with Crippen molar-refractivity contribution in [1.82, 2.24) is 5.48 Å². The van der Waals surface area contributed by atoms with Gasteiger partial charge in [0.15, 0.2) is 0 Å². The van der Waals surface area contributed by atoms with Gasteiger partial charge in [-0.1, -0.05) is 42.5 Å². The van der Waals surface area contributed by atoms with E-state index >= 15 is 0 Å². The maximum Gasteiger partial charge on any atom is 0.247 e. The van der Waals surface area contributed by atoms with Gasteiger partial charge in [0.2, 0.25) is 11.8 Å². The molecule has 24 heavy (non-hydrogen) atoms. The molecule has 0 spiro atoms. The number of hydrogen-bond acceptors (Lipinski definition) is 4. The van der Waals surface area contributed by atoms with Gasteiger partial charge in [-0.15, -0.1) is 0 Å². The first kappa shape index (κ1) is 16.0. The molecule has 2 amide bonds. The standard InChI is InChI=1S/C18H18N2O4/c19-17(22)18(10-15(18)16(21)20-23)13-7-4-8-14(9-13)24-11-12-5-2-1-3-6-12/h1-9,15,23H,10-11H2,(H2,19,22)(H,20,21)/t15-,18-/m0/s1. The highest BCUT2D eigenvalue weighted by molar-refractivity contribution is 5.99. The Kier molecular flexibility index (Phi) is 4.22. The minimum Gasteiger partial charge on any atom is -0.489 e. The average Bonchev–Trinajstić information content (AvgIpc) is 3.38. The second-order valence-electron chi connectivity index (χ2n) is 5.87. The molecular weight excluding hydrogens is 308 g/mol. The van der Waals surface area contributed by atoms with Crippen LogP contribution in [0.25, 0.3) is 0 Å². The second-order valence-corrected chi connectivity index (χ2v) is 5.87. The maximum atomic E-state index is 11.9. The predicted molar refractivity (Wildman–Crippen MR) is 86.1 cm³/mol. The molecule has 0 unspecified atom stereocenters. The van der Waals surface area contributed by atoms with E-state index in [1.54, 1.807) is 29.7 Å². The van der Waals surface area contributed by atoms with E-state index in [0.29, 0.717) is 17.9 Å². The van der Waals surface area contributed by atoms with E-state index in [2.05, 4.69) is 0 Å². The Morgan fingerprint density at radius 2 is 1.96 bits per heavy atom. The van der Waals surface area contributed by atoms with E-state index in [0.717, 1.165) is 5.56 Å². The predicted octanol–water partition coefficient (Wildman–Crippen LogP) is 1.51. The number of carbonyl (C=O) groups is 2. The summed E-state index contributed by atoms with van der Waals surface area (Å²) in [4.78, 5) is 23.6. The fraction of sp³-hybridized carbons (Fsp3) is 0.222. The summed E-state index contributed by atoms with van der Waals surface area (Å²) in [6, 6.07) is 16.7. The van der Waals surface area contributed by atoms with Gasteiger partial charge >= 0.3 is 0 Å². The minimum absolute atomic E-state index is 0.275. The Morgan fingerprint density at radius 3 is 2.62 bits per heavy atom. The van der Waals surface area contributed by atoms with Gasteiger partial charge in [-0.2, -0.15) is 0 Å². The molecule has 1 saturated carbocycles. The van der Waals surface area contributed by atoms with Crippen LogP contribution in [-0.4, -0.2) is 17.0 Å². The molecule has 0 aliphatic heterocycles. The molecule has 0 saturated heterocycles. The zero-order valence-corrected chi connectivity index (χ0v) is 12.9. The van der Waals surface area contributed by atoms with Crippen LogP contribution in [0.2, 0.25) is 0 Å². The van der Waals surface area contributed by atoms with Crippen molar-refractivity contribution < 1.29 is 19.5 Å². The van der Waals surface area contributed by atoms with Gasteiger partial charge in [-0.25, -0.2) is 5.48 Å². The molecule has 0 heterocycles. The van der Waals surface area contributed by atoms with Gasteiger partial charge in [0, 0.05) is 0 Å². The highest BCUT2D eigenvalue weighted by atomic mass is 16.5. The van der Waals surface area contributed by atoms with Gasteiger partial charge in [-0.3, -0.25) is 14.8 Å². The Hall–Kier alpha value is -2.86. The lowest BCUT2D eigenvalue weighted by Crippen LogP contribution is -2.35. The molecule has 6 nitrogen and oxygen atoms in total. The molecule has 2 aromatic rings. The molecule has 4 N–H and O–H groups in total. The fourth-order valence-electron chi connectivity index (χ4n) is 3.00. The van der Waals surface area contributed by atoms with Crippen LogP contribution in [0.3, 0.4) is 0 Å². The number of primary amides is 1. The smallest absolute Gasteiger partial charge is 0.247 e. The van der Waals surface area contributed by atoms with Gasteiger partial charge in [0.1, 0.15) is 12.4 Å². The lowest BCUT2D eigenvalue weighted by Gasteiger charge is -2.15. The number of carbonyl (C=O) groups excluding carboxylic acids is 2. The van der Waals surface area contributed by atoms with Crippen LogP contribution in [0.5, 0.6) is 5.75 Å². The molecule has 2 aromatic carbocycles. The molecule has 2 atom stereocenters. The van der Waals surface area contributed by atoms with E-state index in [1.807, 2.05) is 30.3 Å². The van der Waals surface area contributed by atoms with Crippen molar-refractivity contribution in [2.24, 2.45) is 11.7 Å². The number of amides is 2. The van der Waals surface area contributed by atoms with Crippen LogP contribution < -0.4 is 16.0 Å². The van der Waals surface area contributed by atoms with Crippen molar-refractivity contribution >= 4 is 11.8 Å². The largest absolute Gasteiger partial charge is 0.489 e. The zero-order chi connectivity index (χ0) is 17.2. The summed E-state index contributed by atoms with van der Waals surface area (Å²) in [6.07, 6.45) is 0.275. The van der Waals surface area contributed by atoms with Crippen molar-refractivity contribution in [1.29, 1.82) is 0 Å². The number of ether oxygens (including phenoxy) is 1. The average molecular weight is 326 g/mol. The van der Waals surface area contributed by atoms with Crippen molar-refractivity contribution in [3.05, 3.63) is 65.7 Å². The highest BCUT2D eigenvalue weighted by Gasteiger charge is 2.63. The molecular formula is C18H18N2O4. The summed E-state index contributed by atoms with van der Waals surface area (Å²) in [6.45, 7) is 0.397. The molecule has 0 radical (unpaired) electrons. The number of nitrogens with one attached hydrogen (secondary N) is 1. The molecule has 6 heteroatoms. The van der Waals surface area contributed by atoms with E-state index in [1.165, 1.54) is 0 Å². The first-order valence-electron chi connectivity index (χ1n) is 7.59. The minimum atomic E-state index is -1.08. The quantitative estimate of drug-likeness (QED) is 0.553. The molecule has 1 fully saturated rings. The molecule has 124 valence electrons. The normalized spacial score (nSPS) is 21.8. The summed E-state index contributed by atoms with van der Waals surface area (Å²) in [5, 5.41) is 8.79. The number of rotatable bonds is 6. The number of hydrogen-bond donors (Lipinski definition) is 3. The first-order valence-corrected chi connectivity index (χ1v) is 7.59. The van der Waals surface area contributed by atoms with Gasteiger partial charge in [0.25, 0.3) is 0 Å². The Balaban J connectivity index is 1.80. The van der Waals surface area contributed by atoms with Crippen LogP contribution in [0.1, 0.15) is 17.5 Å². The van der Waals surface area contributed by atoms with E-state index in [4.69, 9.17) is 15.7 Å². The molecule has 1 aliphatic rings. The fourth-order valence-corrected chi connectivity index (χ4v) is 3.00. The monoisotopic (exact) mass is 326 g/mol. The summed E-state index contributed by atoms with van der Waals surface area (Å²) < 4.78 is 5.76. The van der Waals surface area contributed by atoms with Crippen LogP contribution in [0.15, 0.2) is 54.6 Å². The number of benzene rings is 2. The summed E-state index contributed by atoms with van der Waals surface area (Å²) >= 11 is 0. The summed E-state index contributed by atoms with van der Waals surface area (Å²) in [5.41, 5.74) is 7.67. The number of nitrogens with two attached hydrogens (primary N) is 1. The van der Waals surface area contributed by atoms with Crippen molar-refractivity contribution in [2.45, 2.75) is 18.4 Å². The first-order chi connectivity index (χ1) is 11.6. The van der Waals surface area contributed by atoms with E-state index < -0.39 is 23.1 Å². The van der Waals surface area contributed by atoms with Gasteiger partial charge in [-0.05, 0) is 29.7 Å². The third kappa shape index (κ3) is 2.83. The Morgan fingerprint density at radius 1 is 1.21 bits per heavy atom. The van der Waals surface area contributed by atoms with Crippen LogP contribution in [0.4, 0.5) is 0 Å². The summed E-state index contributed by atoms with van der Waals surface area (Å²) in [5.74, 6) is -1.27. The highest BCUT2D eigenvalue weighted by Crippen LogP contribution is 2.54. The van der Waals surface area contributed by atoms with Crippen molar-refractivity contribution in [2.75, 3.05) is 0 Å². The van der Waals surface area contributed by atoms with Crippen molar-refractivity contribution in [3.8, 4) is 5.75 Å².